The third-order valence-corrected chi connectivity index (χ3v) is 6.51. The van der Waals surface area contributed by atoms with Crippen molar-refractivity contribution in [2.24, 2.45) is 0 Å². The fourth-order valence-electron chi connectivity index (χ4n) is 3.99. The third kappa shape index (κ3) is 5.57. The molecule has 0 spiro atoms. The SMILES string of the molecule is O=C(CN1C(=O)N/C(=C/c2ccc(OCc3ccc4ccccc4c3)c(Br)c2)C1=O)Nc1ccccc1F. The number of anilines is 1. The minimum absolute atomic E-state index is 0.0189. The molecule has 38 heavy (non-hydrogen) atoms. The third-order valence-electron chi connectivity index (χ3n) is 5.89. The zero-order chi connectivity index (χ0) is 26.6. The molecule has 1 fully saturated rings. The average Bonchev–Trinajstić information content (AvgIpc) is 3.16. The van der Waals surface area contributed by atoms with E-state index in [9.17, 15) is 18.8 Å². The van der Waals surface area contributed by atoms with Crippen LogP contribution in [0.3, 0.4) is 0 Å². The molecule has 4 amide bonds. The molecule has 0 unspecified atom stereocenters. The fraction of sp³-hybridized carbons (Fsp3) is 0.0690. The second kappa shape index (κ2) is 10.9. The van der Waals surface area contributed by atoms with Crippen molar-refractivity contribution in [3.8, 4) is 5.75 Å². The molecule has 0 aliphatic carbocycles. The largest absolute Gasteiger partial charge is 0.488 e. The van der Waals surface area contributed by atoms with Gasteiger partial charge in [0.2, 0.25) is 5.91 Å². The van der Waals surface area contributed by atoms with Crippen molar-refractivity contribution in [1.82, 2.24) is 10.2 Å². The van der Waals surface area contributed by atoms with Crippen LogP contribution in [-0.2, 0) is 16.2 Å². The first-order valence-corrected chi connectivity index (χ1v) is 12.5. The maximum Gasteiger partial charge on any atom is 0.329 e. The van der Waals surface area contributed by atoms with Gasteiger partial charge in [0.15, 0.2) is 0 Å². The number of nitrogens with zero attached hydrogens (tertiary/aromatic N) is 1. The average molecular weight is 574 g/mol. The van der Waals surface area contributed by atoms with Crippen LogP contribution in [0.1, 0.15) is 11.1 Å². The molecule has 0 radical (unpaired) electrons. The molecule has 9 heteroatoms. The standard InChI is InChI=1S/C29H21BrFN3O4/c30-22-14-18(10-12-26(22)38-17-19-9-11-20-5-1-2-6-21(20)13-19)15-25-28(36)34(29(37)33-25)16-27(35)32-24-8-4-3-7-23(24)31/h1-15H,16-17H2,(H,32,35)(H,33,37)/b25-15+. The Hall–Kier alpha value is -4.50. The van der Waals surface area contributed by atoms with Gasteiger partial charge in [-0.25, -0.2) is 14.1 Å². The zero-order valence-corrected chi connectivity index (χ0v) is 21.5. The van der Waals surface area contributed by atoms with Crippen molar-refractivity contribution >= 4 is 56.3 Å². The molecule has 1 aliphatic rings. The van der Waals surface area contributed by atoms with E-state index in [2.05, 4.69) is 50.8 Å². The Balaban J connectivity index is 1.23. The van der Waals surface area contributed by atoms with E-state index >= 15 is 0 Å². The smallest absolute Gasteiger partial charge is 0.329 e. The van der Waals surface area contributed by atoms with Gasteiger partial charge in [0.25, 0.3) is 5.91 Å². The molecule has 5 rings (SSSR count). The lowest BCUT2D eigenvalue weighted by molar-refractivity contribution is -0.127. The van der Waals surface area contributed by atoms with Gasteiger partial charge >= 0.3 is 6.03 Å². The molecule has 7 nitrogen and oxygen atoms in total. The summed E-state index contributed by atoms with van der Waals surface area (Å²) in [5, 5.41) is 7.13. The van der Waals surface area contributed by atoms with Gasteiger partial charge in [0, 0.05) is 0 Å². The number of imide groups is 1. The molecule has 0 atom stereocenters. The van der Waals surface area contributed by atoms with Gasteiger partial charge < -0.3 is 15.4 Å². The van der Waals surface area contributed by atoms with E-state index in [0.29, 0.717) is 22.4 Å². The van der Waals surface area contributed by atoms with Crippen molar-refractivity contribution in [1.29, 1.82) is 0 Å². The molecule has 1 heterocycles. The van der Waals surface area contributed by atoms with Gasteiger partial charge in [-0.1, -0.05) is 54.6 Å². The Morgan fingerprint density at radius 3 is 2.53 bits per heavy atom. The zero-order valence-electron chi connectivity index (χ0n) is 19.9. The number of benzene rings is 4. The predicted octanol–water partition coefficient (Wildman–Crippen LogP) is 5.85. The maximum absolute atomic E-state index is 13.8. The number of fused-ring (bicyclic) bond motifs is 1. The normalized spacial score (nSPS) is 14.2. The van der Waals surface area contributed by atoms with E-state index < -0.39 is 30.2 Å². The Morgan fingerprint density at radius 2 is 1.74 bits per heavy atom. The van der Waals surface area contributed by atoms with E-state index in [-0.39, 0.29) is 11.4 Å². The highest BCUT2D eigenvalue weighted by Crippen LogP contribution is 2.28. The summed E-state index contributed by atoms with van der Waals surface area (Å²) in [6.07, 6.45) is 1.51. The van der Waals surface area contributed by atoms with Crippen molar-refractivity contribution in [3.63, 3.8) is 0 Å². The lowest BCUT2D eigenvalue weighted by Gasteiger charge is -2.12. The van der Waals surface area contributed by atoms with Gasteiger partial charge in [0.05, 0.1) is 10.2 Å². The van der Waals surface area contributed by atoms with E-state index in [0.717, 1.165) is 21.2 Å². The topological polar surface area (TPSA) is 87.7 Å². The summed E-state index contributed by atoms with van der Waals surface area (Å²) >= 11 is 3.50. The van der Waals surface area contributed by atoms with Crippen LogP contribution in [0, 0.1) is 5.82 Å². The Morgan fingerprint density at radius 1 is 0.974 bits per heavy atom. The molecule has 0 saturated carbocycles. The molecule has 4 aromatic carbocycles. The van der Waals surface area contributed by atoms with E-state index in [1.54, 1.807) is 24.3 Å². The first-order valence-electron chi connectivity index (χ1n) is 11.7. The molecule has 1 saturated heterocycles. The van der Waals surface area contributed by atoms with Crippen molar-refractivity contribution in [3.05, 3.63) is 112 Å². The number of rotatable bonds is 7. The maximum atomic E-state index is 13.8. The molecule has 1 aliphatic heterocycles. The monoisotopic (exact) mass is 573 g/mol. The number of urea groups is 1. The number of para-hydroxylation sites is 1. The number of carbonyl (C=O) groups excluding carboxylic acids is 3. The summed E-state index contributed by atoms with van der Waals surface area (Å²) in [5.74, 6) is -1.36. The van der Waals surface area contributed by atoms with Crippen LogP contribution in [0.2, 0.25) is 0 Å². The molecule has 4 aromatic rings. The number of halogens is 2. The van der Waals surface area contributed by atoms with Gasteiger partial charge in [-0.2, -0.15) is 0 Å². The van der Waals surface area contributed by atoms with E-state index in [4.69, 9.17) is 4.74 Å². The quantitative estimate of drug-likeness (QED) is 0.214. The first-order chi connectivity index (χ1) is 18.4. The van der Waals surface area contributed by atoms with Crippen LogP contribution >= 0.6 is 15.9 Å². The molecular weight excluding hydrogens is 553 g/mol. The second-order valence-corrected chi connectivity index (χ2v) is 9.42. The molecule has 2 N–H and O–H groups in total. The van der Waals surface area contributed by atoms with Crippen LogP contribution in [0.4, 0.5) is 14.9 Å². The summed E-state index contributed by atoms with van der Waals surface area (Å²) in [7, 11) is 0. The van der Waals surface area contributed by atoms with Crippen molar-refractivity contribution < 1.29 is 23.5 Å². The van der Waals surface area contributed by atoms with E-state index in [1.165, 1.54) is 24.3 Å². The summed E-state index contributed by atoms with van der Waals surface area (Å²) in [5.41, 5.74) is 1.65. The number of ether oxygens (including phenoxy) is 1. The number of hydrogen-bond donors (Lipinski definition) is 2. The highest BCUT2D eigenvalue weighted by Gasteiger charge is 2.35. The summed E-state index contributed by atoms with van der Waals surface area (Å²) < 4.78 is 20.4. The minimum Gasteiger partial charge on any atom is -0.488 e. The van der Waals surface area contributed by atoms with Gasteiger partial charge in [-0.05, 0) is 74.2 Å². The summed E-state index contributed by atoms with van der Waals surface area (Å²) in [6, 6.07) is 24.4. The molecule has 190 valence electrons. The van der Waals surface area contributed by atoms with Crippen LogP contribution < -0.4 is 15.4 Å². The highest BCUT2D eigenvalue weighted by molar-refractivity contribution is 9.10. The van der Waals surface area contributed by atoms with Gasteiger partial charge in [0.1, 0.15) is 30.4 Å². The number of nitrogens with one attached hydrogen (secondary N) is 2. The van der Waals surface area contributed by atoms with Gasteiger partial charge in [-0.15, -0.1) is 0 Å². The second-order valence-electron chi connectivity index (χ2n) is 8.57. The highest BCUT2D eigenvalue weighted by atomic mass is 79.9. The number of amides is 4. The van der Waals surface area contributed by atoms with Crippen LogP contribution in [0.15, 0.2) is 95.1 Å². The molecule has 0 aromatic heterocycles. The molecule has 0 bridgehead atoms. The number of carbonyl (C=O) groups is 3. The number of hydrogen-bond acceptors (Lipinski definition) is 4. The minimum atomic E-state index is -0.737. The van der Waals surface area contributed by atoms with Crippen molar-refractivity contribution in [2.45, 2.75) is 6.61 Å². The fourth-order valence-corrected chi connectivity index (χ4v) is 4.50. The van der Waals surface area contributed by atoms with E-state index in [1.807, 2.05) is 18.2 Å². The Labute approximate surface area is 226 Å². The van der Waals surface area contributed by atoms with Crippen LogP contribution in [0.25, 0.3) is 16.8 Å². The Bertz CT molecular complexity index is 1600. The van der Waals surface area contributed by atoms with Gasteiger partial charge in [-0.3, -0.25) is 9.59 Å². The summed E-state index contributed by atoms with van der Waals surface area (Å²) in [4.78, 5) is 38.2. The summed E-state index contributed by atoms with van der Waals surface area (Å²) in [6.45, 7) is -0.177. The molecular formula is C29H21BrFN3O4. The lowest BCUT2D eigenvalue weighted by Crippen LogP contribution is -2.38. The first kappa shape index (κ1) is 25.2. The predicted molar refractivity (Wildman–Crippen MR) is 146 cm³/mol. The van der Waals surface area contributed by atoms with Crippen molar-refractivity contribution in [2.75, 3.05) is 11.9 Å². The van der Waals surface area contributed by atoms with Crippen LogP contribution in [-0.4, -0.2) is 29.3 Å². The van der Waals surface area contributed by atoms with Crippen LogP contribution in [0.5, 0.6) is 5.75 Å². The Kier molecular flexibility index (Phi) is 7.19. The lowest BCUT2D eigenvalue weighted by atomic mass is 10.1.